The van der Waals surface area contributed by atoms with Gasteiger partial charge in [-0.15, -0.1) is 0 Å². The van der Waals surface area contributed by atoms with Crippen LogP contribution in [0.25, 0.3) is 0 Å². The van der Waals surface area contributed by atoms with Gasteiger partial charge in [-0.3, -0.25) is 0 Å². The first-order chi connectivity index (χ1) is 13.3. The summed E-state index contributed by atoms with van der Waals surface area (Å²) in [5.41, 5.74) is 12.3. The molecule has 0 aromatic heterocycles. The van der Waals surface area contributed by atoms with E-state index >= 15 is 0 Å². The second-order valence-corrected chi connectivity index (χ2v) is 8.86. The van der Waals surface area contributed by atoms with E-state index in [1.54, 1.807) is 0 Å². The van der Waals surface area contributed by atoms with Crippen LogP contribution in [-0.2, 0) is 5.41 Å². The van der Waals surface area contributed by atoms with Gasteiger partial charge in [0.2, 0.25) is 0 Å². The molecule has 0 fully saturated rings. The third kappa shape index (κ3) is 2.03. The summed E-state index contributed by atoms with van der Waals surface area (Å²) in [6.07, 6.45) is 0.229. The molecule has 28 heavy (non-hydrogen) atoms. The highest BCUT2D eigenvalue weighted by molar-refractivity contribution is 5.95. The summed E-state index contributed by atoms with van der Waals surface area (Å²) >= 11 is 0. The van der Waals surface area contributed by atoms with Crippen molar-refractivity contribution in [2.75, 3.05) is 9.80 Å². The summed E-state index contributed by atoms with van der Waals surface area (Å²) in [5.74, 6) is 0. The predicted molar refractivity (Wildman–Crippen MR) is 119 cm³/mol. The number of hydrogen-bond donors (Lipinski definition) is 0. The first-order valence-corrected chi connectivity index (χ1v) is 10.2. The Hall–Kier alpha value is -2.74. The minimum absolute atomic E-state index is 0.0168. The standard InChI is InChI=1S/C26H28N2/c1-16-14-15-21-24(18(16)3)28-19(4)27(22-12-8-7-10-17(22)2)23-13-9-11-20(25(23)28)26(21,5)6/h7-15,19H,1-6H3/t19-/m1/s1. The van der Waals surface area contributed by atoms with Crippen molar-refractivity contribution in [1.29, 1.82) is 0 Å². The number of para-hydroxylation sites is 2. The molecule has 0 bridgehead atoms. The zero-order valence-corrected chi connectivity index (χ0v) is 17.7. The fourth-order valence-electron chi connectivity index (χ4n) is 5.21. The van der Waals surface area contributed by atoms with Gasteiger partial charge >= 0.3 is 0 Å². The molecule has 0 spiro atoms. The van der Waals surface area contributed by atoms with Gasteiger partial charge in [0.25, 0.3) is 0 Å². The van der Waals surface area contributed by atoms with Gasteiger partial charge in [0.15, 0.2) is 0 Å². The maximum atomic E-state index is 2.58. The average Bonchev–Trinajstić information content (AvgIpc) is 2.95. The zero-order valence-electron chi connectivity index (χ0n) is 17.7. The molecule has 1 atom stereocenters. The van der Waals surface area contributed by atoms with Crippen molar-refractivity contribution in [1.82, 2.24) is 0 Å². The molecule has 3 aromatic carbocycles. The molecule has 0 aliphatic carbocycles. The first-order valence-electron chi connectivity index (χ1n) is 10.2. The minimum atomic E-state index is -0.0168. The molecule has 0 unspecified atom stereocenters. The van der Waals surface area contributed by atoms with Gasteiger partial charge in [-0.1, -0.05) is 56.3 Å². The molecule has 0 radical (unpaired) electrons. The smallest absolute Gasteiger partial charge is 0.108 e. The first kappa shape index (κ1) is 17.4. The number of benzene rings is 3. The molecule has 2 aliphatic heterocycles. The zero-order chi connectivity index (χ0) is 19.8. The molecule has 5 rings (SSSR count). The molecule has 2 aliphatic rings. The van der Waals surface area contributed by atoms with E-state index in [2.05, 4.69) is 106 Å². The third-order valence-corrected chi connectivity index (χ3v) is 6.93. The Morgan fingerprint density at radius 2 is 1.36 bits per heavy atom. The van der Waals surface area contributed by atoms with Crippen LogP contribution in [0.2, 0.25) is 0 Å². The molecular weight excluding hydrogens is 340 g/mol. The lowest BCUT2D eigenvalue weighted by atomic mass is 9.72. The van der Waals surface area contributed by atoms with E-state index in [-0.39, 0.29) is 11.6 Å². The van der Waals surface area contributed by atoms with Crippen LogP contribution < -0.4 is 9.80 Å². The van der Waals surface area contributed by atoms with E-state index in [0.717, 1.165) is 0 Å². The van der Waals surface area contributed by atoms with Crippen molar-refractivity contribution in [3.8, 4) is 0 Å². The van der Waals surface area contributed by atoms with Crippen molar-refractivity contribution in [3.05, 3.63) is 82.4 Å². The van der Waals surface area contributed by atoms with Crippen LogP contribution in [0.5, 0.6) is 0 Å². The topological polar surface area (TPSA) is 6.48 Å². The number of anilines is 4. The molecule has 0 saturated heterocycles. The minimum Gasteiger partial charge on any atom is -0.318 e. The van der Waals surface area contributed by atoms with Crippen molar-refractivity contribution >= 4 is 22.7 Å². The maximum absolute atomic E-state index is 2.58. The van der Waals surface area contributed by atoms with Crippen molar-refractivity contribution in [2.45, 2.75) is 53.1 Å². The monoisotopic (exact) mass is 368 g/mol. The van der Waals surface area contributed by atoms with Gasteiger partial charge < -0.3 is 9.80 Å². The highest BCUT2D eigenvalue weighted by Crippen LogP contribution is 2.59. The SMILES string of the molecule is Cc1ccccc1N1c2cccc3c2N(c2c(ccc(C)c2C)C3(C)C)[C@@H]1C. The van der Waals surface area contributed by atoms with Crippen LogP contribution in [0.3, 0.4) is 0 Å². The van der Waals surface area contributed by atoms with Crippen molar-refractivity contribution in [2.24, 2.45) is 0 Å². The summed E-state index contributed by atoms with van der Waals surface area (Å²) in [5, 5.41) is 0. The molecule has 2 heteroatoms. The van der Waals surface area contributed by atoms with Gasteiger partial charge in [0.05, 0.1) is 17.1 Å². The summed E-state index contributed by atoms with van der Waals surface area (Å²) in [6, 6.07) is 20.2. The summed E-state index contributed by atoms with van der Waals surface area (Å²) in [4.78, 5) is 5.10. The van der Waals surface area contributed by atoms with E-state index in [4.69, 9.17) is 0 Å². The maximum Gasteiger partial charge on any atom is 0.108 e. The fourth-order valence-corrected chi connectivity index (χ4v) is 5.21. The van der Waals surface area contributed by atoms with E-state index < -0.39 is 0 Å². The number of nitrogens with zero attached hydrogens (tertiary/aromatic N) is 2. The van der Waals surface area contributed by atoms with E-state index in [9.17, 15) is 0 Å². The Balaban J connectivity index is 1.85. The lowest BCUT2D eigenvalue weighted by Gasteiger charge is -2.42. The number of hydrogen-bond acceptors (Lipinski definition) is 2. The lowest BCUT2D eigenvalue weighted by molar-refractivity contribution is 0.617. The van der Waals surface area contributed by atoms with Crippen LogP contribution in [-0.4, -0.2) is 6.17 Å². The lowest BCUT2D eigenvalue weighted by Crippen LogP contribution is -2.40. The second kappa shape index (κ2) is 5.64. The van der Waals surface area contributed by atoms with E-state index in [1.165, 1.54) is 50.6 Å². The Morgan fingerprint density at radius 1 is 0.679 bits per heavy atom. The number of fused-ring (bicyclic) bond motifs is 2. The van der Waals surface area contributed by atoms with Gasteiger partial charge in [-0.2, -0.15) is 0 Å². The molecular formula is C26H28N2. The van der Waals surface area contributed by atoms with Gasteiger partial charge in [-0.25, -0.2) is 0 Å². The number of rotatable bonds is 1. The predicted octanol–water partition coefficient (Wildman–Crippen LogP) is 6.89. The van der Waals surface area contributed by atoms with Crippen molar-refractivity contribution in [3.63, 3.8) is 0 Å². The number of aryl methyl sites for hydroxylation is 2. The molecule has 3 aromatic rings. The molecule has 2 heterocycles. The van der Waals surface area contributed by atoms with Crippen LogP contribution in [0.1, 0.15) is 48.6 Å². The quantitative estimate of drug-likeness (QED) is 0.461. The highest BCUT2D eigenvalue weighted by Gasteiger charge is 2.46. The molecule has 0 amide bonds. The molecule has 0 saturated carbocycles. The van der Waals surface area contributed by atoms with Gasteiger partial charge in [0.1, 0.15) is 6.17 Å². The Bertz CT molecular complexity index is 1110. The molecule has 142 valence electrons. The fraction of sp³-hybridized carbons (Fsp3) is 0.308. The third-order valence-electron chi connectivity index (χ3n) is 6.93. The van der Waals surface area contributed by atoms with Crippen molar-refractivity contribution < 1.29 is 0 Å². The highest BCUT2D eigenvalue weighted by atomic mass is 15.4. The van der Waals surface area contributed by atoms with Crippen LogP contribution in [0.15, 0.2) is 54.6 Å². The summed E-state index contributed by atoms with van der Waals surface area (Å²) < 4.78 is 0. The summed E-state index contributed by atoms with van der Waals surface area (Å²) in [6.45, 7) is 13.8. The van der Waals surface area contributed by atoms with Crippen LogP contribution in [0.4, 0.5) is 22.7 Å². The van der Waals surface area contributed by atoms with Crippen LogP contribution in [0, 0.1) is 20.8 Å². The molecule has 0 N–H and O–H groups in total. The molecule has 2 nitrogen and oxygen atoms in total. The summed E-state index contributed by atoms with van der Waals surface area (Å²) in [7, 11) is 0. The van der Waals surface area contributed by atoms with Gasteiger partial charge in [0, 0.05) is 11.1 Å². The Morgan fingerprint density at radius 3 is 2.11 bits per heavy atom. The largest absolute Gasteiger partial charge is 0.318 e. The normalized spacial score (nSPS) is 18.9. The van der Waals surface area contributed by atoms with E-state index in [1.807, 2.05) is 0 Å². The van der Waals surface area contributed by atoms with Crippen LogP contribution >= 0.6 is 0 Å². The Kier molecular flexibility index (Phi) is 3.49. The average molecular weight is 369 g/mol. The Labute approximate surface area is 168 Å². The van der Waals surface area contributed by atoms with E-state index in [0.29, 0.717) is 0 Å². The second-order valence-electron chi connectivity index (χ2n) is 8.86. The van der Waals surface area contributed by atoms with Gasteiger partial charge in [-0.05, 0) is 67.6 Å².